The van der Waals surface area contributed by atoms with Gasteiger partial charge < -0.3 is 0 Å². The molecule has 0 aliphatic carbocycles. The normalized spacial score (nSPS) is 12.5. The maximum atomic E-state index is 11.9. The minimum atomic E-state index is -3.87. The van der Waals surface area contributed by atoms with Gasteiger partial charge in [0.1, 0.15) is 0 Å². The minimum absolute atomic E-state index is 0.178. The molecule has 6 heteroatoms. The van der Waals surface area contributed by atoms with Crippen LogP contribution in [0.1, 0.15) is 22.8 Å². The third-order valence-electron chi connectivity index (χ3n) is 2.35. The number of sulfone groups is 1. The number of benzene rings is 1. The molecule has 1 aromatic rings. The van der Waals surface area contributed by atoms with Gasteiger partial charge in [0.2, 0.25) is 5.78 Å². The van der Waals surface area contributed by atoms with E-state index in [9.17, 15) is 13.2 Å². The van der Waals surface area contributed by atoms with Crippen LogP contribution in [-0.4, -0.2) is 23.6 Å². The SMILES string of the molecule is CCS(=O)(=O)C(Cl)(Cl)C(=O)c1ccc(C)cc1. The maximum absolute atomic E-state index is 11.9. The Labute approximate surface area is 111 Å². The van der Waals surface area contributed by atoms with Gasteiger partial charge in [-0.2, -0.15) is 0 Å². The van der Waals surface area contributed by atoms with Crippen molar-refractivity contribution in [2.24, 2.45) is 0 Å². The van der Waals surface area contributed by atoms with E-state index in [2.05, 4.69) is 0 Å². The van der Waals surface area contributed by atoms with E-state index < -0.39 is 19.3 Å². The van der Waals surface area contributed by atoms with Crippen LogP contribution in [0.5, 0.6) is 0 Å². The van der Waals surface area contributed by atoms with E-state index in [-0.39, 0.29) is 11.3 Å². The van der Waals surface area contributed by atoms with E-state index in [1.807, 2.05) is 6.92 Å². The largest absolute Gasteiger partial charge is 0.290 e. The lowest BCUT2D eigenvalue weighted by atomic mass is 10.1. The molecule has 0 aliphatic heterocycles. The van der Waals surface area contributed by atoms with Gasteiger partial charge in [0.25, 0.3) is 3.67 Å². The standard InChI is InChI=1S/C11H12Cl2O3S/c1-3-17(15,16)11(12,13)10(14)9-6-4-8(2)5-7-9/h4-7H,3H2,1-2H3. The molecular weight excluding hydrogens is 283 g/mol. The number of alkyl halides is 2. The number of carbonyl (C=O) groups is 1. The Balaban J connectivity index is 3.18. The molecule has 0 aliphatic rings. The first-order valence-corrected chi connectivity index (χ1v) is 7.34. The first-order valence-electron chi connectivity index (χ1n) is 4.94. The molecule has 0 aromatic heterocycles. The molecule has 17 heavy (non-hydrogen) atoms. The molecule has 0 fully saturated rings. The molecule has 3 nitrogen and oxygen atoms in total. The van der Waals surface area contributed by atoms with Crippen LogP contribution in [0.4, 0.5) is 0 Å². The number of Topliss-reactive ketones (excluding diaryl/α,β-unsaturated/α-hetero) is 1. The molecular formula is C11H12Cl2O3S. The maximum Gasteiger partial charge on any atom is 0.280 e. The van der Waals surface area contributed by atoms with Crippen LogP contribution in [0.25, 0.3) is 0 Å². The summed E-state index contributed by atoms with van der Waals surface area (Å²) in [7, 11) is -3.87. The molecule has 0 saturated carbocycles. The fraction of sp³-hybridized carbons (Fsp3) is 0.364. The summed E-state index contributed by atoms with van der Waals surface area (Å²) in [6, 6.07) is 6.38. The molecule has 1 aromatic carbocycles. The van der Waals surface area contributed by atoms with E-state index in [0.29, 0.717) is 0 Å². The van der Waals surface area contributed by atoms with Gasteiger partial charge in [-0.15, -0.1) is 0 Å². The van der Waals surface area contributed by atoms with Gasteiger partial charge in [-0.1, -0.05) is 60.0 Å². The Morgan fingerprint density at radius 1 is 1.24 bits per heavy atom. The third kappa shape index (κ3) is 2.81. The highest BCUT2D eigenvalue weighted by Crippen LogP contribution is 2.32. The molecule has 0 N–H and O–H groups in total. The minimum Gasteiger partial charge on any atom is -0.290 e. The van der Waals surface area contributed by atoms with Gasteiger partial charge in [0, 0.05) is 5.56 Å². The fourth-order valence-corrected chi connectivity index (χ4v) is 2.83. The van der Waals surface area contributed by atoms with Crippen molar-refractivity contribution in [3.05, 3.63) is 35.4 Å². The lowest BCUT2D eigenvalue weighted by Crippen LogP contribution is -2.36. The average molecular weight is 295 g/mol. The van der Waals surface area contributed by atoms with Crippen molar-refractivity contribution < 1.29 is 13.2 Å². The molecule has 0 bridgehead atoms. The van der Waals surface area contributed by atoms with Crippen molar-refractivity contribution in [2.75, 3.05) is 5.75 Å². The van der Waals surface area contributed by atoms with E-state index in [1.54, 1.807) is 12.1 Å². The van der Waals surface area contributed by atoms with Crippen LogP contribution in [0.3, 0.4) is 0 Å². The Kier molecular flexibility index (Phi) is 4.23. The number of hydrogen-bond donors (Lipinski definition) is 0. The van der Waals surface area contributed by atoms with Crippen LogP contribution in [-0.2, 0) is 9.84 Å². The summed E-state index contributed by atoms with van der Waals surface area (Å²) < 4.78 is 20.8. The summed E-state index contributed by atoms with van der Waals surface area (Å²) in [6.07, 6.45) is 0. The lowest BCUT2D eigenvalue weighted by Gasteiger charge is -2.17. The fourth-order valence-electron chi connectivity index (χ4n) is 1.20. The summed E-state index contributed by atoms with van der Waals surface area (Å²) in [5.74, 6) is -1.11. The summed E-state index contributed by atoms with van der Waals surface area (Å²) in [5, 5.41) is 0. The number of ketones is 1. The topological polar surface area (TPSA) is 51.2 Å². The van der Waals surface area contributed by atoms with E-state index >= 15 is 0 Å². The Bertz CT molecular complexity index is 518. The highest BCUT2D eigenvalue weighted by molar-refractivity contribution is 7.96. The van der Waals surface area contributed by atoms with Gasteiger partial charge in [-0.3, -0.25) is 4.79 Å². The second-order valence-corrected chi connectivity index (χ2v) is 7.81. The van der Waals surface area contributed by atoms with Crippen LogP contribution in [0.2, 0.25) is 0 Å². The third-order valence-corrected chi connectivity index (χ3v) is 5.83. The van der Waals surface area contributed by atoms with Gasteiger partial charge in [0.15, 0.2) is 9.84 Å². The molecule has 94 valence electrons. The van der Waals surface area contributed by atoms with Crippen LogP contribution < -0.4 is 0 Å². The highest BCUT2D eigenvalue weighted by atomic mass is 35.5. The second kappa shape index (κ2) is 4.96. The summed E-state index contributed by atoms with van der Waals surface area (Å²) in [6.45, 7) is 3.24. The molecule has 1 rings (SSSR count). The van der Waals surface area contributed by atoms with Crippen molar-refractivity contribution in [1.29, 1.82) is 0 Å². The van der Waals surface area contributed by atoms with Crippen LogP contribution >= 0.6 is 23.2 Å². The van der Waals surface area contributed by atoms with Gasteiger partial charge >= 0.3 is 0 Å². The first kappa shape index (κ1) is 14.5. The quantitative estimate of drug-likeness (QED) is 0.634. The predicted octanol–water partition coefficient (Wildman–Crippen LogP) is 2.74. The van der Waals surface area contributed by atoms with Gasteiger partial charge in [-0.05, 0) is 6.92 Å². The summed E-state index contributed by atoms with van der Waals surface area (Å²) >= 11 is 11.4. The monoisotopic (exact) mass is 294 g/mol. The molecule has 0 heterocycles. The smallest absolute Gasteiger partial charge is 0.280 e. The van der Waals surface area contributed by atoms with Crippen LogP contribution in [0.15, 0.2) is 24.3 Å². The van der Waals surface area contributed by atoms with Crippen molar-refractivity contribution in [3.8, 4) is 0 Å². The van der Waals surface area contributed by atoms with Gasteiger partial charge in [-0.25, -0.2) is 8.42 Å². The van der Waals surface area contributed by atoms with Crippen LogP contribution in [0, 0.1) is 6.92 Å². The zero-order valence-electron chi connectivity index (χ0n) is 9.41. The number of halogens is 2. The van der Waals surface area contributed by atoms with Gasteiger partial charge in [0.05, 0.1) is 5.75 Å². The van der Waals surface area contributed by atoms with Crippen molar-refractivity contribution in [1.82, 2.24) is 0 Å². The molecule has 0 saturated heterocycles. The molecule has 0 atom stereocenters. The zero-order chi connectivity index (χ0) is 13.3. The van der Waals surface area contributed by atoms with Crippen molar-refractivity contribution >= 4 is 38.8 Å². The van der Waals surface area contributed by atoms with E-state index in [1.165, 1.54) is 19.1 Å². The molecule has 0 spiro atoms. The zero-order valence-corrected chi connectivity index (χ0v) is 11.7. The molecule has 0 amide bonds. The van der Waals surface area contributed by atoms with E-state index in [4.69, 9.17) is 23.2 Å². The summed E-state index contributed by atoms with van der Waals surface area (Å²) in [5.41, 5.74) is 1.13. The second-order valence-electron chi connectivity index (χ2n) is 3.62. The predicted molar refractivity (Wildman–Crippen MR) is 69.4 cm³/mol. The molecule has 0 radical (unpaired) electrons. The van der Waals surface area contributed by atoms with Crippen molar-refractivity contribution in [3.63, 3.8) is 0 Å². The van der Waals surface area contributed by atoms with Crippen molar-refractivity contribution in [2.45, 2.75) is 17.5 Å². The average Bonchev–Trinajstić information content (AvgIpc) is 2.28. The Hall–Kier alpha value is -0.580. The first-order chi connectivity index (χ1) is 7.72. The number of aryl methyl sites for hydroxylation is 1. The number of rotatable bonds is 4. The lowest BCUT2D eigenvalue weighted by molar-refractivity contribution is 0.0996. The molecule has 0 unspecified atom stereocenters. The Morgan fingerprint density at radius 3 is 2.12 bits per heavy atom. The number of carbonyl (C=O) groups excluding carboxylic acids is 1. The highest BCUT2D eigenvalue weighted by Gasteiger charge is 2.46. The Morgan fingerprint density at radius 2 is 1.71 bits per heavy atom. The van der Waals surface area contributed by atoms with E-state index in [0.717, 1.165) is 5.56 Å². The summed E-state index contributed by atoms with van der Waals surface area (Å²) in [4.78, 5) is 11.9. The number of hydrogen-bond acceptors (Lipinski definition) is 3.